The van der Waals surface area contributed by atoms with E-state index in [4.69, 9.17) is 9.59 Å². The van der Waals surface area contributed by atoms with Gasteiger partial charge >= 0.3 is 6.15 Å². The van der Waals surface area contributed by atoms with E-state index < -0.39 is 0 Å². The van der Waals surface area contributed by atoms with Crippen LogP contribution in [0.5, 0.6) is 0 Å². The predicted octanol–water partition coefficient (Wildman–Crippen LogP) is 5.33. The molecule has 0 aliphatic rings. The van der Waals surface area contributed by atoms with Crippen molar-refractivity contribution in [1.82, 2.24) is 14.9 Å². The lowest BCUT2D eigenvalue weighted by Gasteiger charge is -2.16. The highest BCUT2D eigenvalue weighted by atomic mass is 16.2. The Balaban J connectivity index is 0.00000103. The van der Waals surface area contributed by atoms with Crippen LogP contribution in [0.3, 0.4) is 0 Å². The summed E-state index contributed by atoms with van der Waals surface area (Å²) in [5, 5.41) is 3.11. The lowest BCUT2D eigenvalue weighted by Crippen LogP contribution is -2.33. The maximum Gasteiger partial charge on any atom is 0.373 e. The van der Waals surface area contributed by atoms with Crippen molar-refractivity contribution in [3.05, 3.63) is 90.3 Å². The standard InChI is InChI=1S/C27H29N3O.CO2/c1-19(2)15-20(3)29-27(31)24-13-14-25-26(16-24)30(18-28-25)17-21-9-11-23(12-10-21)22-7-5-4-6-8-22;2-1-3/h4-14,16,18-20H,15,17H2,1-3H3,(H,29,31);. The van der Waals surface area contributed by atoms with Gasteiger partial charge in [-0.2, -0.15) is 9.59 Å². The Morgan fingerprint density at radius 2 is 1.59 bits per heavy atom. The first-order chi connectivity index (χ1) is 16.4. The van der Waals surface area contributed by atoms with Crippen molar-refractivity contribution in [3.8, 4) is 11.1 Å². The molecule has 0 bridgehead atoms. The van der Waals surface area contributed by atoms with E-state index >= 15 is 0 Å². The third-order valence-corrected chi connectivity index (χ3v) is 5.50. The molecule has 0 saturated carbocycles. The summed E-state index contributed by atoms with van der Waals surface area (Å²) in [7, 11) is 0. The minimum Gasteiger partial charge on any atom is -0.350 e. The van der Waals surface area contributed by atoms with Crippen molar-refractivity contribution in [1.29, 1.82) is 0 Å². The molecule has 6 heteroatoms. The number of hydrogen-bond acceptors (Lipinski definition) is 4. The number of amides is 1. The Hall–Kier alpha value is -4.02. The second-order valence-electron chi connectivity index (χ2n) is 8.73. The number of fused-ring (bicyclic) bond motifs is 1. The molecule has 4 rings (SSSR count). The molecule has 1 amide bonds. The van der Waals surface area contributed by atoms with Gasteiger partial charge in [-0.25, -0.2) is 4.98 Å². The topological polar surface area (TPSA) is 81.1 Å². The second kappa shape index (κ2) is 11.7. The van der Waals surface area contributed by atoms with E-state index in [0.717, 1.165) is 17.5 Å². The fourth-order valence-electron chi connectivity index (χ4n) is 4.03. The highest BCUT2D eigenvalue weighted by Gasteiger charge is 2.13. The highest BCUT2D eigenvalue weighted by molar-refractivity contribution is 5.97. The average molecular weight is 456 g/mol. The zero-order valence-electron chi connectivity index (χ0n) is 19.7. The van der Waals surface area contributed by atoms with E-state index in [0.29, 0.717) is 18.0 Å². The number of carbonyl (C=O) groups excluding carboxylic acids is 3. The number of aromatic nitrogens is 2. The summed E-state index contributed by atoms with van der Waals surface area (Å²) >= 11 is 0. The molecule has 0 fully saturated rings. The first kappa shape index (κ1) is 24.6. The molecule has 0 spiro atoms. The Bertz CT molecular complexity index is 1260. The third-order valence-electron chi connectivity index (χ3n) is 5.50. The average Bonchev–Trinajstić information content (AvgIpc) is 3.22. The van der Waals surface area contributed by atoms with Crippen LogP contribution in [-0.4, -0.2) is 27.7 Å². The fraction of sp³-hybridized carbons (Fsp3) is 0.250. The summed E-state index contributed by atoms with van der Waals surface area (Å²) in [5.41, 5.74) is 6.14. The van der Waals surface area contributed by atoms with Gasteiger partial charge < -0.3 is 9.88 Å². The number of benzene rings is 3. The van der Waals surface area contributed by atoms with Gasteiger partial charge in [-0.1, -0.05) is 68.4 Å². The normalized spacial score (nSPS) is 11.4. The van der Waals surface area contributed by atoms with Gasteiger partial charge in [-0.3, -0.25) is 4.79 Å². The molecule has 1 heterocycles. The van der Waals surface area contributed by atoms with Gasteiger partial charge in [0.25, 0.3) is 5.91 Å². The summed E-state index contributed by atoms with van der Waals surface area (Å²) in [6, 6.07) is 24.8. The highest BCUT2D eigenvalue weighted by Crippen LogP contribution is 2.21. The van der Waals surface area contributed by atoms with Gasteiger partial charge in [0.05, 0.1) is 17.4 Å². The van der Waals surface area contributed by atoms with E-state index in [1.807, 2.05) is 30.6 Å². The van der Waals surface area contributed by atoms with Crippen molar-refractivity contribution in [3.63, 3.8) is 0 Å². The molecule has 0 radical (unpaired) electrons. The first-order valence-electron chi connectivity index (χ1n) is 11.3. The molecule has 1 aromatic heterocycles. The van der Waals surface area contributed by atoms with Gasteiger partial charge in [0.1, 0.15) is 0 Å². The first-order valence-corrected chi connectivity index (χ1v) is 11.3. The van der Waals surface area contributed by atoms with Crippen LogP contribution in [0.25, 0.3) is 22.2 Å². The lowest BCUT2D eigenvalue weighted by molar-refractivity contribution is -0.191. The van der Waals surface area contributed by atoms with Crippen molar-refractivity contribution in [2.75, 3.05) is 0 Å². The maximum atomic E-state index is 12.7. The molecular formula is C28H29N3O3. The van der Waals surface area contributed by atoms with Crippen molar-refractivity contribution < 1.29 is 14.4 Å². The number of nitrogens with one attached hydrogen (secondary N) is 1. The largest absolute Gasteiger partial charge is 0.373 e. The summed E-state index contributed by atoms with van der Waals surface area (Å²) in [6.07, 6.45) is 3.06. The van der Waals surface area contributed by atoms with Crippen LogP contribution in [0.15, 0.2) is 79.1 Å². The minimum atomic E-state index is -0.0324. The smallest absolute Gasteiger partial charge is 0.350 e. The number of rotatable bonds is 7. The molecule has 0 saturated heterocycles. The molecule has 174 valence electrons. The van der Waals surface area contributed by atoms with E-state index in [-0.39, 0.29) is 18.1 Å². The van der Waals surface area contributed by atoms with Crippen molar-refractivity contribution >= 4 is 23.1 Å². The van der Waals surface area contributed by atoms with Crippen molar-refractivity contribution in [2.45, 2.75) is 39.8 Å². The Labute approximate surface area is 199 Å². The zero-order valence-corrected chi connectivity index (χ0v) is 19.7. The maximum absolute atomic E-state index is 12.7. The Morgan fingerprint density at radius 1 is 0.941 bits per heavy atom. The molecule has 0 aliphatic heterocycles. The molecule has 1 unspecified atom stereocenters. The zero-order chi connectivity index (χ0) is 24.5. The van der Waals surface area contributed by atoms with Gasteiger partial charge in [-0.05, 0) is 54.2 Å². The SMILES string of the molecule is CC(C)CC(C)NC(=O)c1ccc2ncn(Cc3ccc(-c4ccccc4)cc3)c2c1.O=C=O. The van der Waals surface area contributed by atoms with E-state index in [1.54, 1.807) is 0 Å². The van der Waals surface area contributed by atoms with E-state index in [1.165, 1.54) is 16.7 Å². The molecule has 34 heavy (non-hydrogen) atoms. The van der Waals surface area contributed by atoms with Gasteiger partial charge in [0.15, 0.2) is 0 Å². The van der Waals surface area contributed by atoms with Gasteiger partial charge in [-0.15, -0.1) is 0 Å². The molecular weight excluding hydrogens is 426 g/mol. The van der Waals surface area contributed by atoms with Crippen LogP contribution in [-0.2, 0) is 16.1 Å². The summed E-state index contributed by atoms with van der Waals surface area (Å²) in [5.74, 6) is 0.516. The van der Waals surface area contributed by atoms with Crippen LogP contribution in [0.4, 0.5) is 0 Å². The number of carbonyl (C=O) groups is 1. The number of imidazole rings is 1. The quantitative estimate of drug-likeness (QED) is 0.408. The van der Waals surface area contributed by atoms with Crippen LogP contribution in [0.2, 0.25) is 0 Å². The second-order valence-corrected chi connectivity index (χ2v) is 8.73. The lowest BCUT2D eigenvalue weighted by atomic mass is 10.0. The number of nitrogens with zero attached hydrogens (tertiary/aromatic N) is 2. The summed E-state index contributed by atoms with van der Waals surface area (Å²) < 4.78 is 2.10. The van der Waals surface area contributed by atoms with E-state index in [9.17, 15) is 4.79 Å². The summed E-state index contributed by atoms with van der Waals surface area (Å²) in [6.45, 7) is 7.10. The van der Waals surface area contributed by atoms with E-state index in [2.05, 4.69) is 84.2 Å². The Kier molecular flexibility index (Phi) is 8.49. The molecule has 0 aliphatic carbocycles. The van der Waals surface area contributed by atoms with Crippen LogP contribution in [0, 0.1) is 5.92 Å². The molecule has 3 aromatic carbocycles. The van der Waals surface area contributed by atoms with Crippen LogP contribution in [0.1, 0.15) is 43.1 Å². The molecule has 1 N–H and O–H groups in total. The monoisotopic (exact) mass is 455 g/mol. The third kappa shape index (κ3) is 6.50. The van der Waals surface area contributed by atoms with Crippen LogP contribution < -0.4 is 5.32 Å². The van der Waals surface area contributed by atoms with Gasteiger partial charge in [0.2, 0.25) is 0 Å². The molecule has 4 aromatic rings. The molecule has 6 nitrogen and oxygen atoms in total. The Morgan fingerprint density at radius 3 is 2.24 bits per heavy atom. The fourth-order valence-corrected chi connectivity index (χ4v) is 4.03. The van der Waals surface area contributed by atoms with Crippen LogP contribution >= 0.6 is 0 Å². The minimum absolute atomic E-state index is 0.0324. The predicted molar refractivity (Wildman–Crippen MR) is 132 cm³/mol. The molecule has 1 atom stereocenters. The summed E-state index contributed by atoms with van der Waals surface area (Å²) in [4.78, 5) is 33.5. The van der Waals surface area contributed by atoms with Crippen molar-refractivity contribution in [2.24, 2.45) is 5.92 Å². The van der Waals surface area contributed by atoms with Gasteiger partial charge in [0, 0.05) is 18.2 Å². The number of hydrogen-bond donors (Lipinski definition) is 1.